The molecule has 2 amide bonds. The number of hydrogen-bond acceptors (Lipinski definition) is 6. The molecular formula is C25H24N4O4. The van der Waals surface area contributed by atoms with Crippen molar-refractivity contribution in [3.05, 3.63) is 84.1 Å². The van der Waals surface area contributed by atoms with Crippen molar-refractivity contribution in [3.8, 4) is 11.5 Å². The smallest absolute Gasteiger partial charge is 0.243 e. The molecule has 1 aliphatic heterocycles. The van der Waals surface area contributed by atoms with Gasteiger partial charge in [-0.1, -0.05) is 42.5 Å². The fourth-order valence-electron chi connectivity index (χ4n) is 3.65. The van der Waals surface area contributed by atoms with Crippen LogP contribution in [-0.2, 0) is 9.59 Å². The summed E-state index contributed by atoms with van der Waals surface area (Å²) >= 11 is 0. The van der Waals surface area contributed by atoms with E-state index in [4.69, 9.17) is 4.74 Å². The van der Waals surface area contributed by atoms with Gasteiger partial charge in [0.25, 0.3) is 0 Å². The lowest BCUT2D eigenvalue weighted by molar-refractivity contribution is -0.134. The Bertz CT molecular complexity index is 1160. The molecule has 1 atom stereocenters. The molecule has 0 spiro atoms. The van der Waals surface area contributed by atoms with E-state index in [9.17, 15) is 14.7 Å². The molecule has 1 unspecified atom stereocenters. The van der Waals surface area contributed by atoms with Crippen molar-refractivity contribution in [2.45, 2.75) is 25.3 Å². The summed E-state index contributed by atoms with van der Waals surface area (Å²) in [5.41, 5.74) is 2.70. The molecule has 1 aromatic heterocycles. The van der Waals surface area contributed by atoms with E-state index in [1.54, 1.807) is 13.2 Å². The molecule has 0 radical (unpaired) electrons. The number of carbonyl (C=O) groups is 2. The van der Waals surface area contributed by atoms with E-state index in [1.807, 2.05) is 54.6 Å². The van der Waals surface area contributed by atoms with Gasteiger partial charge in [-0.05, 0) is 35.4 Å². The molecule has 3 aromatic rings. The van der Waals surface area contributed by atoms with Crippen LogP contribution in [0.1, 0.15) is 36.4 Å². The first-order chi connectivity index (χ1) is 16.0. The fourth-order valence-corrected chi connectivity index (χ4v) is 3.65. The summed E-state index contributed by atoms with van der Waals surface area (Å²) in [6.07, 6.45) is 1.94. The molecule has 2 N–H and O–H groups in total. The summed E-state index contributed by atoms with van der Waals surface area (Å²) in [6, 6.07) is 20.0. The second kappa shape index (κ2) is 9.95. The zero-order valence-corrected chi connectivity index (χ0v) is 18.1. The minimum absolute atomic E-state index is 0.0301. The summed E-state index contributed by atoms with van der Waals surface area (Å²) in [7, 11) is 1.60. The van der Waals surface area contributed by atoms with Crippen LogP contribution in [0.3, 0.4) is 0 Å². The number of carbonyl (C=O) groups excluding carboxylic acids is 2. The molecule has 1 aliphatic rings. The molecule has 0 bridgehead atoms. The lowest BCUT2D eigenvalue weighted by Crippen LogP contribution is -2.28. The van der Waals surface area contributed by atoms with Crippen LogP contribution in [0.15, 0.2) is 78.0 Å². The maximum Gasteiger partial charge on any atom is 0.243 e. The first-order valence-corrected chi connectivity index (χ1v) is 10.6. The highest BCUT2D eigenvalue weighted by Gasteiger charge is 2.33. The summed E-state index contributed by atoms with van der Waals surface area (Å²) in [5, 5.41) is 18.4. The SMILES string of the molecule is COc1ccc(C2CC(c3ccccc3)=NN2C(=O)CCC(=O)Nc2ncccc2O)cc1. The maximum atomic E-state index is 13.1. The Morgan fingerprint density at radius 2 is 1.82 bits per heavy atom. The Kier molecular flexibility index (Phi) is 6.64. The highest BCUT2D eigenvalue weighted by atomic mass is 16.5. The van der Waals surface area contributed by atoms with Crippen LogP contribution in [0.4, 0.5) is 5.82 Å². The predicted molar refractivity (Wildman–Crippen MR) is 124 cm³/mol. The highest BCUT2D eigenvalue weighted by molar-refractivity contribution is 6.03. The second-order valence-corrected chi connectivity index (χ2v) is 7.56. The van der Waals surface area contributed by atoms with Crippen LogP contribution < -0.4 is 10.1 Å². The molecule has 168 valence electrons. The van der Waals surface area contributed by atoms with E-state index >= 15 is 0 Å². The Labute approximate surface area is 191 Å². The van der Waals surface area contributed by atoms with Crippen molar-refractivity contribution < 1.29 is 19.4 Å². The van der Waals surface area contributed by atoms with Gasteiger partial charge < -0.3 is 15.2 Å². The number of rotatable bonds is 7. The van der Waals surface area contributed by atoms with Crippen molar-refractivity contribution in [1.82, 2.24) is 9.99 Å². The number of ether oxygens (including phenoxy) is 1. The molecule has 4 rings (SSSR count). The molecule has 0 saturated carbocycles. The highest BCUT2D eigenvalue weighted by Crippen LogP contribution is 2.34. The Balaban J connectivity index is 1.49. The fraction of sp³-hybridized carbons (Fsp3) is 0.200. The average molecular weight is 444 g/mol. The van der Waals surface area contributed by atoms with Crippen LogP contribution >= 0.6 is 0 Å². The number of methoxy groups -OCH3 is 1. The molecule has 33 heavy (non-hydrogen) atoms. The van der Waals surface area contributed by atoms with E-state index < -0.39 is 5.91 Å². The molecule has 2 aromatic carbocycles. The predicted octanol–water partition coefficient (Wildman–Crippen LogP) is 3.89. The summed E-state index contributed by atoms with van der Waals surface area (Å²) < 4.78 is 5.24. The molecule has 0 aliphatic carbocycles. The van der Waals surface area contributed by atoms with Gasteiger partial charge in [-0.2, -0.15) is 5.10 Å². The van der Waals surface area contributed by atoms with E-state index in [-0.39, 0.29) is 36.4 Å². The molecular weight excluding hydrogens is 420 g/mol. The number of hydrogen-bond donors (Lipinski definition) is 2. The molecule has 0 fully saturated rings. The van der Waals surface area contributed by atoms with Crippen LogP contribution in [0.2, 0.25) is 0 Å². The first kappa shape index (κ1) is 22.0. The zero-order chi connectivity index (χ0) is 23.2. The third-order valence-electron chi connectivity index (χ3n) is 5.38. The van der Waals surface area contributed by atoms with Crippen LogP contribution in [0, 0.1) is 0 Å². The quantitative estimate of drug-likeness (QED) is 0.575. The van der Waals surface area contributed by atoms with E-state index in [0.29, 0.717) is 6.42 Å². The molecule has 0 saturated heterocycles. The number of amides is 2. The summed E-state index contributed by atoms with van der Waals surface area (Å²) in [4.78, 5) is 29.3. The Hall–Kier alpha value is -4.20. The Morgan fingerprint density at radius 3 is 2.52 bits per heavy atom. The number of aromatic nitrogens is 1. The van der Waals surface area contributed by atoms with Gasteiger partial charge in [0.05, 0.1) is 18.9 Å². The van der Waals surface area contributed by atoms with Gasteiger partial charge in [0.15, 0.2) is 11.6 Å². The first-order valence-electron chi connectivity index (χ1n) is 10.6. The minimum Gasteiger partial charge on any atom is -0.504 e. The summed E-state index contributed by atoms with van der Waals surface area (Å²) in [5.74, 6) is -0.00905. The van der Waals surface area contributed by atoms with Gasteiger partial charge in [0.2, 0.25) is 11.8 Å². The van der Waals surface area contributed by atoms with Gasteiger partial charge in [-0.15, -0.1) is 0 Å². The molecule has 8 nitrogen and oxygen atoms in total. The molecule has 8 heteroatoms. The lowest BCUT2D eigenvalue weighted by atomic mass is 9.98. The number of anilines is 1. The van der Waals surface area contributed by atoms with Crippen molar-refractivity contribution in [1.29, 1.82) is 0 Å². The second-order valence-electron chi connectivity index (χ2n) is 7.56. The van der Waals surface area contributed by atoms with E-state index in [2.05, 4.69) is 15.4 Å². The van der Waals surface area contributed by atoms with Crippen molar-refractivity contribution in [2.24, 2.45) is 5.10 Å². The lowest BCUT2D eigenvalue weighted by Gasteiger charge is -2.22. The van der Waals surface area contributed by atoms with E-state index in [1.165, 1.54) is 17.3 Å². The zero-order valence-electron chi connectivity index (χ0n) is 18.1. The number of pyridine rings is 1. The van der Waals surface area contributed by atoms with E-state index in [0.717, 1.165) is 22.6 Å². The van der Waals surface area contributed by atoms with Crippen molar-refractivity contribution in [2.75, 3.05) is 12.4 Å². The minimum atomic E-state index is -0.412. The van der Waals surface area contributed by atoms with Crippen LogP contribution in [-0.4, -0.2) is 39.7 Å². The van der Waals surface area contributed by atoms with Gasteiger partial charge >= 0.3 is 0 Å². The van der Waals surface area contributed by atoms with Crippen LogP contribution in [0.5, 0.6) is 11.5 Å². The van der Waals surface area contributed by atoms with Crippen molar-refractivity contribution in [3.63, 3.8) is 0 Å². The van der Waals surface area contributed by atoms with Gasteiger partial charge in [-0.3, -0.25) is 9.59 Å². The van der Waals surface area contributed by atoms with Crippen LogP contribution in [0.25, 0.3) is 0 Å². The Morgan fingerprint density at radius 1 is 1.06 bits per heavy atom. The number of benzene rings is 2. The monoisotopic (exact) mass is 444 g/mol. The van der Waals surface area contributed by atoms with Gasteiger partial charge in [0.1, 0.15) is 5.75 Å². The third-order valence-corrected chi connectivity index (χ3v) is 5.38. The van der Waals surface area contributed by atoms with Crippen molar-refractivity contribution >= 4 is 23.3 Å². The number of hydrazone groups is 1. The maximum absolute atomic E-state index is 13.1. The summed E-state index contributed by atoms with van der Waals surface area (Å²) in [6.45, 7) is 0. The molecule has 2 heterocycles. The number of nitrogens with one attached hydrogen (secondary N) is 1. The standard InChI is InChI=1S/C25H24N4O4/c1-33-19-11-9-18(10-12-19)21-16-20(17-6-3-2-4-7-17)28-29(21)24(32)14-13-23(31)27-25-22(30)8-5-15-26-25/h2-12,15,21,30H,13-14,16H2,1H3,(H,26,27,31). The topological polar surface area (TPSA) is 104 Å². The van der Waals surface area contributed by atoms with Gasteiger partial charge in [-0.25, -0.2) is 9.99 Å². The normalized spacial score (nSPS) is 15.1. The van der Waals surface area contributed by atoms with Gasteiger partial charge in [0, 0.05) is 25.5 Å². The largest absolute Gasteiger partial charge is 0.504 e. The third kappa shape index (κ3) is 5.17. The number of nitrogens with zero attached hydrogens (tertiary/aromatic N) is 3. The average Bonchev–Trinajstić information content (AvgIpc) is 3.30. The number of aromatic hydroxyl groups is 1.